The highest BCUT2D eigenvalue weighted by Gasteiger charge is 2.14. The maximum absolute atomic E-state index is 5.53. The first kappa shape index (κ1) is 16.2. The number of nitrogens with one attached hydrogen (secondary N) is 1. The van der Waals surface area contributed by atoms with Crippen LogP contribution in [-0.2, 0) is 0 Å². The first-order chi connectivity index (χ1) is 12.8. The Morgan fingerprint density at radius 3 is 2.50 bits per heavy atom. The molecule has 1 N–H and O–H groups in total. The van der Waals surface area contributed by atoms with Gasteiger partial charge in [0.1, 0.15) is 5.75 Å². The molecule has 0 saturated heterocycles. The van der Waals surface area contributed by atoms with Crippen LogP contribution in [0.3, 0.4) is 0 Å². The van der Waals surface area contributed by atoms with Crippen molar-refractivity contribution in [1.29, 1.82) is 0 Å². The summed E-state index contributed by atoms with van der Waals surface area (Å²) in [5.41, 5.74) is 6.36. The van der Waals surface area contributed by atoms with E-state index in [0.29, 0.717) is 0 Å². The molecule has 128 valence electrons. The molecule has 0 spiro atoms. The predicted octanol–water partition coefficient (Wildman–Crippen LogP) is 5.90. The van der Waals surface area contributed by atoms with E-state index in [4.69, 9.17) is 9.73 Å². The van der Waals surface area contributed by atoms with Crippen LogP contribution in [0.1, 0.15) is 11.1 Å². The zero-order valence-electron chi connectivity index (χ0n) is 14.9. The summed E-state index contributed by atoms with van der Waals surface area (Å²) in [5.74, 6) is 0.829. The summed E-state index contributed by atoms with van der Waals surface area (Å²) in [6, 6.07) is 24.6. The van der Waals surface area contributed by atoms with Crippen molar-refractivity contribution in [2.45, 2.75) is 6.92 Å². The van der Waals surface area contributed by atoms with Gasteiger partial charge in [-0.1, -0.05) is 54.6 Å². The number of aromatic nitrogens is 1. The maximum atomic E-state index is 5.53. The SMILES string of the molecule is COc1cccc2c(C=Nc3cccc(C)c3)c(-c3ccccc3)[nH]c12. The Bertz CT molecular complexity index is 1080. The lowest BCUT2D eigenvalue weighted by Gasteiger charge is -2.01. The van der Waals surface area contributed by atoms with Crippen molar-refractivity contribution in [3.63, 3.8) is 0 Å². The molecule has 0 aliphatic carbocycles. The number of hydrogen-bond acceptors (Lipinski definition) is 2. The average Bonchev–Trinajstić information content (AvgIpc) is 3.06. The number of methoxy groups -OCH3 is 1. The van der Waals surface area contributed by atoms with Gasteiger partial charge in [-0.2, -0.15) is 0 Å². The Balaban J connectivity index is 1.91. The minimum atomic E-state index is 0.829. The van der Waals surface area contributed by atoms with Crippen molar-refractivity contribution >= 4 is 22.8 Å². The van der Waals surface area contributed by atoms with E-state index in [1.165, 1.54) is 5.56 Å². The van der Waals surface area contributed by atoms with Crippen LogP contribution in [0.4, 0.5) is 5.69 Å². The van der Waals surface area contributed by atoms with Gasteiger partial charge in [0.2, 0.25) is 0 Å². The molecule has 3 nitrogen and oxygen atoms in total. The van der Waals surface area contributed by atoms with Gasteiger partial charge in [0.05, 0.1) is 24.0 Å². The molecule has 3 heteroatoms. The minimum absolute atomic E-state index is 0.829. The minimum Gasteiger partial charge on any atom is -0.495 e. The smallest absolute Gasteiger partial charge is 0.142 e. The Labute approximate surface area is 153 Å². The van der Waals surface area contributed by atoms with Gasteiger partial charge in [0.15, 0.2) is 0 Å². The molecular formula is C23H20N2O. The number of ether oxygens (including phenoxy) is 1. The van der Waals surface area contributed by atoms with Gasteiger partial charge in [-0.05, 0) is 36.2 Å². The van der Waals surface area contributed by atoms with E-state index in [-0.39, 0.29) is 0 Å². The summed E-state index contributed by atoms with van der Waals surface area (Å²) in [5, 5.41) is 1.10. The lowest BCUT2D eigenvalue weighted by molar-refractivity contribution is 0.419. The van der Waals surface area contributed by atoms with E-state index >= 15 is 0 Å². The maximum Gasteiger partial charge on any atom is 0.142 e. The number of rotatable bonds is 4. The fraction of sp³-hybridized carbons (Fsp3) is 0.0870. The first-order valence-corrected chi connectivity index (χ1v) is 8.61. The van der Waals surface area contributed by atoms with Crippen LogP contribution in [-0.4, -0.2) is 18.3 Å². The second-order valence-corrected chi connectivity index (χ2v) is 6.26. The van der Waals surface area contributed by atoms with E-state index < -0.39 is 0 Å². The van der Waals surface area contributed by atoms with E-state index in [0.717, 1.165) is 39.2 Å². The molecule has 4 aromatic rings. The molecule has 0 amide bonds. The van der Waals surface area contributed by atoms with Crippen molar-refractivity contribution in [2.75, 3.05) is 7.11 Å². The summed E-state index contributed by atoms with van der Waals surface area (Å²) >= 11 is 0. The summed E-state index contributed by atoms with van der Waals surface area (Å²) in [7, 11) is 1.69. The quantitative estimate of drug-likeness (QED) is 0.461. The van der Waals surface area contributed by atoms with E-state index in [1.54, 1.807) is 7.11 Å². The topological polar surface area (TPSA) is 37.4 Å². The predicted molar refractivity (Wildman–Crippen MR) is 109 cm³/mol. The number of hydrogen-bond donors (Lipinski definition) is 1. The van der Waals surface area contributed by atoms with Gasteiger partial charge in [0.25, 0.3) is 0 Å². The Hall–Kier alpha value is -3.33. The fourth-order valence-electron chi connectivity index (χ4n) is 3.20. The van der Waals surface area contributed by atoms with Crippen molar-refractivity contribution in [3.8, 4) is 17.0 Å². The van der Waals surface area contributed by atoms with Crippen molar-refractivity contribution in [1.82, 2.24) is 4.98 Å². The summed E-state index contributed by atoms with van der Waals surface area (Å²) in [4.78, 5) is 8.25. The number of para-hydroxylation sites is 1. The highest BCUT2D eigenvalue weighted by Crippen LogP contribution is 2.34. The van der Waals surface area contributed by atoms with Crippen molar-refractivity contribution < 1.29 is 4.74 Å². The summed E-state index contributed by atoms with van der Waals surface area (Å²) < 4.78 is 5.53. The van der Waals surface area contributed by atoms with Crippen LogP contribution < -0.4 is 4.74 Å². The van der Waals surface area contributed by atoms with Crippen molar-refractivity contribution in [2.24, 2.45) is 4.99 Å². The number of aryl methyl sites for hydroxylation is 1. The Morgan fingerprint density at radius 2 is 1.73 bits per heavy atom. The molecule has 26 heavy (non-hydrogen) atoms. The monoisotopic (exact) mass is 340 g/mol. The molecule has 4 rings (SSSR count). The third-order valence-corrected chi connectivity index (χ3v) is 4.46. The molecule has 0 saturated carbocycles. The molecule has 0 radical (unpaired) electrons. The lowest BCUT2D eigenvalue weighted by Crippen LogP contribution is -1.85. The largest absolute Gasteiger partial charge is 0.495 e. The van der Waals surface area contributed by atoms with Gasteiger partial charge in [-0.25, -0.2) is 0 Å². The van der Waals surface area contributed by atoms with E-state index in [1.807, 2.05) is 48.7 Å². The van der Waals surface area contributed by atoms with Gasteiger partial charge in [-0.3, -0.25) is 4.99 Å². The number of nitrogens with zero attached hydrogens (tertiary/aromatic N) is 1. The molecular weight excluding hydrogens is 320 g/mol. The number of benzene rings is 3. The van der Waals surface area contributed by atoms with Crippen LogP contribution in [0, 0.1) is 6.92 Å². The van der Waals surface area contributed by atoms with Crippen LogP contribution in [0.5, 0.6) is 5.75 Å². The number of H-pyrrole nitrogens is 1. The average molecular weight is 340 g/mol. The Kier molecular flexibility index (Phi) is 4.28. The zero-order valence-corrected chi connectivity index (χ0v) is 14.9. The fourth-order valence-corrected chi connectivity index (χ4v) is 3.20. The normalized spacial score (nSPS) is 11.3. The summed E-state index contributed by atoms with van der Waals surface area (Å²) in [6.07, 6.45) is 1.94. The number of fused-ring (bicyclic) bond motifs is 1. The van der Waals surface area contributed by atoms with Crippen molar-refractivity contribution in [3.05, 3.63) is 83.9 Å². The highest BCUT2D eigenvalue weighted by atomic mass is 16.5. The van der Waals surface area contributed by atoms with Crippen LogP contribution in [0.15, 0.2) is 77.8 Å². The number of aromatic amines is 1. The lowest BCUT2D eigenvalue weighted by atomic mass is 10.1. The molecule has 0 bridgehead atoms. The molecule has 1 aromatic heterocycles. The molecule has 3 aromatic carbocycles. The highest BCUT2D eigenvalue weighted by molar-refractivity contribution is 6.08. The van der Waals surface area contributed by atoms with Gasteiger partial charge >= 0.3 is 0 Å². The molecule has 0 aliphatic rings. The molecule has 1 heterocycles. The van der Waals surface area contributed by atoms with Gasteiger partial charge < -0.3 is 9.72 Å². The summed E-state index contributed by atoms with van der Waals surface area (Å²) in [6.45, 7) is 2.07. The molecule has 0 fully saturated rings. The third kappa shape index (κ3) is 3.00. The molecule has 0 atom stereocenters. The first-order valence-electron chi connectivity index (χ1n) is 8.61. The molecule has 0 aliphatic heterocycles. The second kappa shape index (κ2) is 6.89. The number of aliphatic imine (C=N–C) groups is 1. The standard InChI is InChI=1S/C23H20N2O/c1-16-8-6-11-18(14-16)24-15-20-19-12-7-13-21(26-2)23(19)25-22(20)17-9-4-3-5-10-17/h3-15,25H,1-2H3. The third-order valence-electron chi connectivity index (χ3n) is 4.46. The Morgan fingerprint density at radius 1 is 0.923 bits per heavy atom. The zero-order chi connectivity index (χ0) is 17.9. The van der Waals surface area contributed by atoms with Crippen LogP contribution in [0.2, 0.25) is 0 Å². The van der Waals surface area contributed by atoms with Gasteiger partial charge in [-0.15, -0.1) is 0 Å². The van der Waals surface area contributed by atoms with Gasteiger partial charge in [0, 0.05) is 17.2 Å². The van der Waals surface area contributed by atoms with Crippen LogP contribution >= 0.6 is 0 Å². The second-order valence-electron chi connectivity index (χ2n) is 6.26. The van der Waals surface area contributed by atoms with E-state index in [9.17, 15) is 0 Å². The molecule has 0 unspecified atom stereocenters. The van der Waals surface area contributed by atoms with E-state index in [2.05, 4.69) is 42.2 Å². The van der Waals surface area contributed by atoms with Crippen LogP contribution in [0.25, 0.3) is 22.2 Å².